The first-order chi connectivity index (χ1) is 9.46. The third-order valence-corrected chi connectivity index (χ3v) is 5.34. The lowest BCUT2D eigenvalue weighted by Gasteiger charge is -2.31. The lowest BCUT2D eigenvalue weighted by molar-refractivity contribution is -0.111. The van der Waals surface area contributed by atoms with E-state index in [0.717, 1.165) is 12.8 Å². The zero-order chi connectivity index (χ0) is 14.8. The monoisotopic (exact) mass is 296 g/mol. The van der Waals surface area contributed by atoms with E-state index in [1.165, 1.54) is 28.6 Å². The summed E-state index contributed by atoms with van der Waals surface area (Å²) in [5.74, 6) is -0.613. The van der Waals surface area contributed by atoms with Crippen LogP contribution in [0.25, 0.3) is 0 Å². The number of sulfonamides is 1. The zero-order valence-electron chi connectivity index (χ0n) is 10.9. The molecular formula is C13H16N2O4S. The number of aldehydes is 1. The Morgan fingerprint density at radius 3 is 2.45 bits per heavy atom. The molecule has 1 aromatic rings. The van der Waals surface area contributed by atoms with Crippen LogP contribution in [0.15, 0.2) is 29.2 Å². The van der Waals surface area contributed by atoms with Crippen molar-refractivity contribution in [1.29, 1.82) is 0 Å². The van der Waals surface area contributed by atoms with E-state index in [0.29, 0.717) is 19.3 Å². The summed E-state index contributed by atoms with van der Waals surface area (Å²) < 4.78 is 26.2. The largest absolute Gasteiger partial charge is 0.366 e. The van der Waals surface area contributed by atoms with E-state index in [9.17, 15) is 18.0 Å². The third-order valence-electron chi connectivity index (χ3n) is 3.40. The van der Waals surface area contributed by atoms with Crippen molar-refractivity contribution >= 4 is 22.2 Å². The van der Waals surface area contributed by atoms with Gasteiger partial charge in [0.15, 0.2) is 0 Å². The Labute approximate surface area is 117 Å². The minimum absolute atomic E-state index is 0.0660. The van der Waals surface area contributed by atoms with Gasteiger partial charge in [0.2, 0.25) is 15.9 Å². The summed E-state index contributed by atoms with van der Waals surface area (Å²) in [5.41, 5.74) is 5.36. The second kappa shape index (κ2) is 5.72. The number of rotatable bonds is 4. The van der Waals surface area contributed by atoms with Crippen LogP contribution in [0.1, 0.15) is 29.6 Å². The van der Waals surface area contributed by atoms with E-state index >= 15 is 0 Å². The standard InChI is InChI=1S/C13H16N2O4S/c14-13(17)10-4-6-12(7-5-10)20(18,19)15-8-2-1-3-11(15)9-16/h4-7,9,11H,1-3,8H2,(H2,14,17). The predicted octanol–water partition coefficient (Wildman–Crippen LogP) is 0.528. The van der Waals surface area contributed by atoms with Gasteiger partial charge >= 0.3 is 0 Å². The summed E-state index contributed by atoms with van der Waals surface area (Å²) in [7, 11) is -3.72. The molecule has 1 aliphatic rings. The predicted molar refractivity (Wildman–Crippen MR) is 72.6 cm³/mol. The number of nitrogens with zero attached hydrogens (tertiary/aromatic N) is 1. The molecule has 1 fully saturated rings. The zero-order valence-corrected chi connectivity index (χ0v) is 11.7. The van der Waals surface area contributed by atoms with Gasteiger partial charge < -0.3 is 10.5 Å². The molecule has 20 heavy (non-hydrogen) atoms. The lowest BCUT2D eigenvalue weighted by atomic mass is 10.1. The quantitative estimate of drug-likeness (QED) is 0.819. The number of hydrogen-bond donors (Lipinski definition) is 1. The van der Waals surface area contributed by atoms with Crippen molar-refractivity contribution in [2.24, 2.45) is 5.73 Å². The van der Waals surface area contributed by atoms with Gasteiger partial charge in [-0.1, -0.05) is 6.42 Å². The van der Waals surface area contributed by atoms with Crippen molar-refractivity contribution < 1.29 is 18.0 Å². The number of piperidine rings is 1. The van der Waals surface area contributed by atoms with Crippen LogP contribution in [-0.4, -0.2) is 37.5 Å². The first-order valence-electron chi connectivity index (χ1n) is 6.34. The van der Waals surface area contributed by atoms with Crippen LogP contribution in [0, 0.1) is 0 Å². The molecule has 7 heteroatoms. The van der Waals surface area contributed by atoms with E-state index < -0.39 is 22.0 Å². The molecule has 1 heterocycles. The molecule has 6 nitrogen and oxygen atoms in total. The Hall–Kier alpha value is -1.73. The normalized spacial score (nSPS) is 20.5. The highest BCUT2D eigenvalue weighted by Crippen LogP contribution is 2.24. The van der Waals surface area contributed by atoms with Gasteiger partial charge in [0.05, 0.1) is 10.9 Å². The van der Waals surface area contributed by atoms with Gasteiger partial charge in [-0.3, -0.25) is 4.79 Å². The number of carbonyl (C=O) groups is 2. The van der Waals surface area contributed by atoms with E-state index in [2.05, 4.69) is 0 Å². The molecular weight excluding hydrogens is 280 g/mol. The van der Waals surface area contributed by atoms with Gasteiger partial charge in [-0.05, 0) is 37.1 Å². The average molecular weight is 296 g/mol. The number of carbonyl (C=O) groups excluding carboxylic acids is 2. The van der Waals surface area contributed by atoms with E-state index in [1.807, 2.05) is 0 Å². The molecule has 0 bridgehead atoms. The smallest absolute Gasteiger partial charge is 0.248 e. The molecule has 2 rings (SSSR count). The van der Waals surface area contributed by atoms with E-state index in [4.69, 9.17) is 5.73 Å². The molecule has 1 aliphatic heterocycles. The topological polar surface area (TPSA) is 97.5 Å². The highest BCUT2D eigenvalue weighted by Gasteiger charge is 2.33. The maximum absolute atomic E-state index is 12.5. The number of primary amides is 1. The van der Waals surface area contributed by atoms with Gasteiger partial charge in [-0.2, -0.15) is 4.31 Å². The summed E-state index contributed by atoms with van der Waals surface area (Å²) in [6, 6.07) is 4.81. The van der Waals surface area contributed by atoms with Crippen LogP contribution in [0.5, 0.6) is 0 Å². The molecule has 0 radical (unpaired) electrons. The van der Waals surface area contributed by atoms with Crippen molar-refractivity contribution in [1.82, 2.24) is 4.31 Å². The summed E-state index contributed by atoms with van der Waals surface area (Å²) in [6.07, 6.45) is 2.80. The minimum Gasteiger partial charge on any atom is -0.366 e. The molecule has 1 amide bonds. The molecule has 0 aromatic heterocycles. The van der Waals surface area contributed by atoms with Crippen molar-refractivity contribution in [3.8, 4) is 0 Å². The highest BCUT2D eigenvalue weighted by molar-refractivity contribution is 7.89. The Morgan fingerprint density at radius 2 is 1.90 bits per heavy atom. The van der Waals surface area contributed by atoms with E-state index in [-0.39, 0.29) is 10.5 Å². The van der Waals surface area contributed by atoms with Crippen LogP contribution in [0.3, 0.4) is 0 Å². The van der Waals surface area contributed by atoms with Crippen molar-refractivity contribution in [3.63, 3.8) is 0 Å². The summed E-state index contributed by atoms with van der Waals surface area (Å²) in [5, 5.41) is 0. The maximum atomic E-state index is 12.5. The number of nitrogens with two attached hydrogens (primary N) is 1. The molecule has 1 aromatic carbocycles. The van der Waals surface area contributed by atoms with Crippen LogP contribution in [0.2, 0.25) is 0 Å². The minimum atomic E-state index is -3.72. The van der Waals surface area contributed by atoms with Crippen molar-refractivity contribution in [2.75, 3.05) is 6.54 Å². The summed E-state index contributed by atoms with van der Waals surface area (Å²) in [6.45, 7) is 0.337. The van der Waals surface area contributed by atoms with E-state index in [1.54, 1.807) is 0 Å². The second-order valence-electron chi connectivity index (χ2n) is 4.70. The molecule has 108 valence electrons. The van der Waals surface area contributed by atoms with Crippen LogP contribution in [-0.2, 0) is 14.8 Å². The Bertz CT molecular complexity index is 610. The Balaban J connectivity index is 2.33. The first kappa shape index (κ1) is 14.7. The molecule has 1 unspecified atom stereocenters. The number of benzene rings is 1. The molecule has 2 N–H and O–H groups in total. The van der Waals surface area contributed by atoms with Gasteiger partial charge in [0.25, 0.3) is 0 Å². The van der Waals surface area contributed by atoms with Crippen molar-refractivity contribution in [3.05, 3.63) is 29.8 Å². The Morgan fingerprint density at radius 1 is 1.25 bits per heavy atom. The lowest BCUT2D eigenvalue weighted by Crippen LogP contribution is -2.44. The van der Waals surface area contributed by atoms with Gasteiger partial charge in [-0.25, -0.2) is 8.42 Å². The first-order valence-corrected chi connectivity index (χ1v) is 7.78. The second-order valence-corrected chi connectivity index (χ2v) is 6.59. The number of hydrogen-bond acceptors (Lipinski definition) is 4. The Kier molecular flexibility index (Phi) is 4.20. The maximum Gasteiger partial charge on any atom is 0.248 e. The highest BCUT2D eigenvalue weighted by atomic mass is 32.2. The fourth-order valence-corrected chi connectivity index (χ4v) is 3.92. The molecule has 1 atom stereocenters. The summed E-state index contributed by atoms with van der Waals surface area (Å²) >= 11 is 0. The van der Waals surface area contributed by atoms with Crippen molar-refractivity contribution in [2.45, 2.75) is 30.2 Å². The summed E-state index contributed by atoms with van der Waals surface area (Å²) in [4.78, 5) is 22.1. The molecule has 0 aliphatic carbocycles. The number of amides is 1. The molecule has 0 saturated carbocycles. The van der Waals surface area contributed by atoms with Crippen LogP contribution >= 0.6 is 0 Å². The van der Waals surface area contributed by atoms with Gasteiger partial charge in [0.1, 0.15) is 6.29 Å². The van der Waals surface area contributed by atoms with Crippen LogP contribution in [0.4, 0.5) is 0 Å². The van der Waals surface area contributed by atoms with Crippen LogP contribution < -0.4 is 5.73 Å². The molecule has 1 saturated heterocycles. The van der Waals surface area contributed by atoms with Gasteiger partial charge in [0, 0.05) is 12.1 Å². The fraction of sp³-hybridized carbons (Fsp3) is 0.385. The molecule has 0 spiro atoms. The SMILES string of the molecule is NC(=O)c1ccc(S(=O)(=O)N2CCCCC2C=O)cc1. The third kappa shape index (κ3) is 2.73. The fourth-order valence-electron chi connectivity index (χ4n) is 2.29. The van der Waals surface area contributed by atoms with Gasteiger partial charge in [-0.15, -0.1) is 0 Å². The average Bonchev–Trinajstić information content (AvgIpc) is 2.47.